The number of nitrogens with zero attached hydrogens (tertiary/aromatic N) is 4. The number of hydrogen-bond acceptors (Lipinski definition) is 5. The van der Waals surface area contributed by atoms with Gasteiger partial charge in [0.25, 0.3) is 5.78 Å². The van der Waals surface area contributed by atoms with Crippen LogP contribution in [0.5, 0.6) is 0 Å². The molecule has 5 nitrogen and oxygen atoms in total. The van der Waals surface area contributed by atoms with Gasteiger partial charge in [0.1, 0.15) is 17.3 Å². The van der Waals surface area contributed by atoms with E-state index in [1.807, 2.05) is 11.8 Å². The lowest BCUT2D eigenvalue weighted by Gasteiger charge is -2.22. The van der Waals surface area contributed by atoms with Gasteiger partial charge in [-0.15, -0.1) is 0 Å². The first kappa shape index (κ1) is 12.0. The van der Waals surface area contributed by atoms with E-state index in [1.165, 1.54) is 30.7 Å². The Kier molecular flexibility index (Phi) is 3.56. The van der Waals surface area contributed by atoms with E-state index in [0.29, 0.717) is 10.9 Å². The van der Waals surface area contributed by atoms with E-state index in [9.17, 15) is 0 Å². The minimum Gasteiger partial charge on any atom is -0.370 e. The van der Waals surface area contributed by atoms with E-state index < -0.39 is 0 Å². The Balaban J connectivity index is 1.75. The normalized spacial score (nSPS) is 17.2. The van der Waals surface area contributed by atoms with Crippen molar-refractivity contribution in [1.82, 2.24) is 19.6 Å². The summed E-state index contributed by atoms with van der Waals surface area (Å²) in [5.41, 5.74) is 0. The summed E-state index contributed by atoms with van der Waals surface area (Å²) in [6.07, 6.45) is 4.04. The topological polar surface area (TPSA) is 55.1 Å². The van der Waals surface area contributed by atoms with Crippen molar-refractivity contribution in [1.29, 1.82) is 0 Å². The Hall–Kier alpha value is -1.01. The van der Waals surface area contributed by atoms with Gasteiger partial charge in [-0.25, -0.2) is 0 Å². The summed E-state index contributed by atoms with van der Waals surface area (Å²) in [7, 11) is 0. The third-order valence-corrected chi connectivity index (χ3v) is 4.38. The van der Waals surface area contributed by atoms with Gasteiger partial charge in [0, 0.05) is 12.6 Å². The molecule has 0 saturated carbocycles. The maximum Gasteiger partial charge on any atom is 0.255 e. The fourth-order valence-corrected chi connectivity index (χ4v) is 3.49. The van der Waals surface area contributed by atoms with E-state index >= 15 is 0 Å². The minimum absolute atomic E-state index is 0.442. The van der Waals surface area contributed by atoms with Crippen LogP contribution in [0.1, 0.15) is 12.8 Å². The molecule has 0 radical (unpaired) electrons. The van der Waals surface area contributed by atoms with E-state index in [2.05, 4.69) is 20.4 Å². The molecule has 0 amide bonds. The lowest BCUT2D eigenvalue weighted by Crippen LogP contribution is -2.20. The molecule has 96 valence electrons. The highest BCUT2D eigenvalue weighted by atomic mass is 35.5. The number of halogens is 1. The number of fused-ring (bicyclic) bond motifs is 1. The lowest BCUT2D eigenvalue weighted by atomic mass is 10.0. The molecule has 3 heterocycles. The van der Waals surface area contributed by atoms with Gasteiger partial charge in [0.2, 0.25) is 0 Å². The molecular weight excluding hydrogens is 270 g/mol. The van der Waals surface area contributed by atoms with Gasteiger partial charge in [0.15, 0.2) is 0 Å². The van der Waals surface area contributed by atoms with E-state index in [1.54, 1.807) is 10.6 Å². The van der Waals surface area contributed by atoms with Crippen molar-refractivity contribution >= 4 is 35.0 Å². The quantitative estimate of drug-likeness (QED) is 0.876. The second kappa shape index (κ2) is 5.32. The van der Waals surface area contributed by atoms with Crippen LogP contribution in [0.4, 0.5) is 5.82 Å². The largest absolute Gasteiger partial charge is 0.370 e. The molecule has 1 N–H and O–H groups in total. The van der Waals surface area contributed by atoms with Crippen molar-refractivity contribution in [2.75, 3.05) is 23.4 Å². The second-order valence-corrected chi connectivity index (χ2v) is 5.98. The number of aromatic nitrogens is 4. The van der Waals surface area contributed by atoms with Gasteiger partial charge in [0.05, 0.1) is 0 Å². The molecule has 0 spiro atoms. The van der Waals surface area contributed by atoms with Gasteiger partial charge in [-0.3, -0.25) is 0 Å². The lowest BCUT2D eigenvalue weighted by molar-refractivity contribution is 0.515. The first-order valence-corrected chi connectivity index (χ1v) is 7.54. The van der Waals surface area contributed by atoms with Crippen LogP contribution in [-0.4, -0.2) is 37.6 Å². The SMILES string of the molecule is Clc1cc(NCC2CCSCC2)n2ncnc2n1. The summed E-state index contributed by atoms with van der Waals surface area (Å²) in [4.78, 5) is 8.15. The number of rotatable bonds is 3. The number of anilines is 1. The molecule has 3 rings (SSSR count). The number of hydrogen-bond donors (Lipinski definition) is 1. The van der Waals surface area contributed by atoms with Gasteiger partial charge in [-0.1, -0.05) is 11.6 Å². The van der Waals surface area contributed by atoms with Gasteiger partial charge in [-0.2, -0.15) is 31.3 Å². The van der Waals surface area contributed by atoms with Crippen LogP contribution in [0, 0.1) is 5.92 Å². The standard InChI is InChI=1S/C11H14ClN5S/c12-9-5-10(17-11(16-9)14-7-15-17)13-6-8-1-3-18-4-2-8/h5,7-8,13H,1-4,6H2. The van der Waals surface area contributed by atoms with Crippen LogP contribution in [0.2, 0.25) is 5.15 Å². The van der Waals surface area contributed by atoms with E-state index in [4.69, 9.17) is 11.6 Å². The Bertz CT molecular complexity index is 537. The average molecular weight is 284 g/mol. The zero-order valence-corrected chi connectivity index (χ0v) is 11.4. The Morgan fingerprint density at radius 3 is 3.11 bits per heavy atom. The maximum absolute atomic E-state index is 5.97. The van der Waals surface area contributed by atoms with Crippen molar-refractivity contribution < 1.29 is 0 Å². The molecule has 1 aliphatic rings. The second-order valence-electron chi connectivity index (χ2n) is 4.37. The maximum atomic E-state index is 5.97. The molecule has 0 aromatic carbocycles. The Morgan fingerprint density at radius 1 is 1.44 bits per heavy atom. The molecule has 0 aliphatic carbocycles. The summed E-state index contributed by atoms with van der Waals surface area (Å²) in [6.45, 7) is 0.954. The first-order valence-electron chi connectivity index (χ1n) is 6.01. The van der Waals surface area contributed by atoms with Crippen LogP contribution in [-0.2, 0) is 0 Å². The zero-order valence-electron chi connectivity index (χ0n) is 9.84. The van der Waals surface area contributed by atoms with Crippen molar-refractivity contribution in [3.8, 4) is 0 Å². The van der Waals surface area contributed by atoms with Gasteiger partial charge < -0.3 is 5.32 Å². The van der Waals surface area contributed by atoms with Crippen molar-refractivity contribution in [2.24, 2.45) is 5.92 Å². The fraction of sp³-hybridized carbons (Fsp3) is 0.545. The highest BCUT2D eigenvalue weighted by Gasteiger charge is 2.14. The van der Waals surface area contributed by atoms with Crippen LogP contribution in [0.3, 0.4) is 0 Å². The fourth-order valence-electron chi connectivity index (χ4n) is 2.11. The van der Waals surface area contributed by atoms with Crippen LogP contribution in [0.15, 0.2) is 12.4 Å². The number of thioether (sulfide) groups is 1. The highest BCUT2D eigenvalue weighted by Crippen LogP contribution is 2.23. The molecule has 1 fully saturated rings. The van der Waals surface area contributed by atoms with Crippen molar-refractivity contribution in [3.05, 3.63) is 17.5 Å². The predicted molar refractivity (Wildman–Crippen MR) is 74.3 cm³/mol. The smallest absolute Gasteiger partial charge is 0.255 e. The zero-order chi connectivity index (χ0) is 12.4. The predicted octanol–water partition coefficient (Wildman–Crippen LogP) is 2.33. The van der Waals surface area contributed by atoms with Gasteiger partial charge >= 0.3 is 0 Å². The number of nitrogens with one attached hydrogen (secondary N) is 1. The highest BCUT2D eigenvalue weighted by molar-refractivity contribution is 7.99. The molecule has 1 aliphatic heterocycles. The van der Waals surface area contributed by atoms with Crippen molar-refractivity contribution in [3.63, 3.8) is 0 Å². The van der Waals surface area contributed by atoms with E-state index in [-0.39, 0.29) is 0 Å². The summed E-state index contributed by atoms with van der Waals surface area (Å²) in [5, 5.41) is 7.99. The Morgan fingerprint density at radius 2 is 2.28 bits per heavy atom. The van der Waals surface area contributed by atoms with Gasteiger partial charge in [-0.05, 0) is 30.3 Å². The van der Waals surface area contributed by atoms with Crippen LogP contribution < -0.4 is 5.32 Å². The first-order chi connectivity index (χ1) is 8.83. The minimum atomic E-state index is 0.442. The molecule has 2 aromatic rings. The molecule has 0 atom stereocenters. The molecule has 7 heteroatoms. The monoisotopic (exact) mass is 283 g/mol. The summed E-state index contributed by atoms with van der Waals surface area (Å²) < 4.78 is 1.68. The summed E-state index contributed by atoms with van der Waals surface area (Å²) in [5.74, 6) is 4.66. The summed E-state index contributed by atoms with van der Waals surface area (Å²) >= 11 is 8.01. The molecule has 0 unspecified atom stereocenters. The average Bonchev–Trinajstić information content (AvgIpc) is 2.85. The van der Waals surface area contributed by atoms with Crippen molar-refractivity contribution in [2.45, 2.75) is 12.8 Å². The van der Waals surface area contributed by atoms with Crippen LogP contribution in [0.25, 0.3) is 5.78 Å². The molecule has 2 aromatic heterocycles. The summed E-state index contributed by atoms with van der Waals surface area (Å²) in [6, 6.07) is 1.79. The third-order valence-electron chi connectivity index (χ3n) is 3.13. The molecule has 18 heavy (non-hydrogen) atoms. The third kappa shape index (κ3) is 2.54. The molecule has 0 bridgehead atoms. The molecular formula is C11H14ClN5S. The van der Waals surface area contributed by atoms with E-state index in [0.717, 1.165) is 18.3 Å². The Labute approximate surface area is 114 Å². The molecule has 1 saturated heterocycles. The van der Waals surface area contributed by atoms with Crippen LogP contribution >= 0.6 is 23.4 Å².